The molecule has 0 atom stereocenters. The topological polar surface area (TPSA) is 26.0 Å². The van der Waals surface area contributed by atoms with Gasteiger partial charge in [0.05, 0.1) is 0 Å². The molecule has 0 radical (unpaired) electrons. The third-order valence-corrected chi connectivity index (χ3v) is 3.87. The fourth-order valence-corrected chi connectivity index (χ4v) is 2.26. The van der Waals surface area contributed by atoms with Gasteiger partial charge in [-0.1, -0.05) is 12.1 Å². The molecule has 1 aliphatic carbocycles. The average molecular weight is 189 g/mol. The van der Waals surface area contributed by atoms with E-state index in [0.29, 0.717) is 5.41 Å². The minimum Gasteiger partial charge on any atom is -0.330 e. The van der Waals surface area contributed by atoms with Gasteiger partial charge in [-0.25, -0.2) is 0 Å². The minimum atomic E-state index is 0.336. The van der Waals surface area contributed by atoms with E-state index in [1.54, 1.807) is 0 Å². The van der Waals surface area contributed by atoms with Crippen molar-refractivity contribution >= 4 is 0 Å². The monoisotopic (exact) mass is 189 g/mol. The molecule has 14 heavy (non-hydrogen) atoms. The lowest BCUT2D eigenvalue weighted by Gasteiger charge is -2.18. The van der Waals surface area contributed by atoms with Crippen molar-refractivity contribution in [1.82, 2.24) is 0 Å². The number of hydrogen-bond acceptors (Lipinski definition) is 1. The van der Waals surface area contributed by atoms with Crippen LogP contribution in [0.3, 0.4) is 0 Å². The van der Waals surface area contributed by atoms with Crippen molar-refractivity contribution in [3.63, 3.8) is 0 Å². The number of aryl methyl sites for hydroxylation is 1. The average Bonchev–Trinajstić information content (AvgIpc) is 2.95. The van der Waals surface area contributed by atoms with Gasteiger partial charge < -0.3 is 5.73 Å². The van der Waals surface area contributed by atoms with Gasteiger partial charge in [0.2, 0.25) is 0 Å². The third kappa shape index (κ3) is 1.27. The van der Waals surface area contributed by atoms with E-state index in [4.69, 9.17) is 5.73 Å². The highest BCUT2D eigenvalue weighted by atomic mass is 14.7. The summed E-state index contributed by atoms with van der Waals surface area (Å²) >= 11 is 0. The first-order valence-corrected chi connectivity index (χ1v) is 5.38. The molecule has 0 spiro atoms. The molecule has 1 aromatic carbocycles. The van der Waals surface area contributed by atoms with E-state index in [-0.39, 0.29) is 0 Å². The first-order chi connectivity index (χ1) is 6.60. The lowest BCUT2D eigenvalue weighted by atomic mass is 9.88. The Morgan fingerprint density at radius 3 is 2.29 bits per heavy atom. The van der Waals surface area contributed by atoms with E-state index in [9.17, 15) is 0 Å². The summed E-state index contributed by atoms with van der Waals surface area (Å²) in [6, 6.07) is 4.50. The molecule has 2 rings (SSSR count). The molecule has 0 aliphatic heterocycles. The summed E-state index contributed by atoms with van der Waals surface area (Å²) in [7, 11) is 0. The molecule has 1 aliphatic rings. The van der Waals surface area contributed by atoms with Crippen LogP contribution in [0.25, 0.3) is 0 Å². The van der Waals surface area contributed by atoms with Gasteiger partial charge in [0.1, 0.15) is 0 Å². The predicted molar refractivity (Wildman–Crippen MR) is 60.6 cm³/mol. The Labute approximate surface area is 86.3 Å². The number of rotatable bonds is 2. The zero-order valence-corrected chi connectivity index (χ0v) is 9.35. The quantitative estimate of drug-likeness (QED) is 0.760. The second-order valence-corrected chi connectivity index (χ2v) is 4.66. The number of nitrogens with two attached hydrogens (primary N) is 1. The van der Waals surface area contributed by atoms with E-state index in [0.717, 1.165) is 6.54 Å². The Balaban J connectivity index is 2.50. The molecule has 0 amide bonds. The van der Waals surface area contributed by atoms with Crippen molar-refractivity contribution < 1.29 is 0 Å². The molecule has 0 saturated heterocycles. The van der Waals surface area contributed by atoms with Crippen LogP contribution >= 0.6 is 0 Å². The van der Waals surface area contributed by atoms with Crippen LogP contribution in [-0.2, 0) is 5.41 Å². The summed E-state index contributed by atoms with van der Waals surface area (Å²) in [5, 5.41) is 0. The van der Waals surface area contributed by atoms with Crippen LogP contribution in [0.1, 0.15) is 35.1 Å². The van der Waals surface area contributed by atoms with Crippen LogP contribution in [0, 0.1) is 20.8 Å². The maximum absolute atomic E-state index is 5.86. The molecule has 0 aromatic heterocycles. The largest absolute Gasteiger partial charge is 0.330 e. The zero-order chi connectivity index (χ0) is 10.3. The van der Waals surface area contributed by atoms with Gasteiger partial charge in [-0.05, 0) is 55.9 Å². The summed E-state index contributed by atoms with van der Waals surface area (Å²) in [5.41, 5.74) is 12.0. The van der Waals surface area contributed by atoms with Gasteiger partial charge in [-0.15, -0.1) is 0 Å². The first kappa shape index (κ1) is 9.72. The minimum absolute atomic E-state index is 0.336. The summed E-state index contributed by atoms with van der Waals surface area (Å²) in [6.45, 7) is 7.42. The van der Waals surface area contributed by atoms with Crippen LogP contribution in [-0.4, -0.2) is 6.54 Å². The molecule has 0 unspecified atom stereocenters. The van der Waals surface area contributed by atoms with E-state index in [1.165, 1.54) is 35.1 Å². The Morgan fingerprint density at radius 2 is 1.79 bits per heavy atom. The molecule has 2 N–H and O–H groups in total. The second kappa shape index (κ2) is 3.09. The highest BCUT2D eigenvalue weighted by molar-refractivity contribution is 5.45. The molecule has 1 aromatic rings. The lowest BCUT2D eigenvalue weighted by molar-refractivity contribution is 0.698. The van der Waals surface area contributed by atoms with Crippen molar-refractivity contribution in [3.05, 3.63) is 34.4 Å². The lowest BCUT2D eigenvalue weighted by Crippen LogP contribution is -2.21. The first-order valence-electron chi connectivity index (χ1n) is 5.38. The fourth-order valence-electron chi connectivity index (χ4n) is 2.26. The molecule has 1 nitrogen and oxygen atoms in total. The maximum Gasteiger partial charge on any atom is 0.00789 e. The van der Waals surface area contributed by atoms with Crippen LogP contribution in [0.5, 0.6) is 0 Å². The van der Waals surface area contributed by atoms with E-state index in [1.807, 2.05) is 0 Å². The summed E-state index contributed by atoms with van der Waals surface area (Å²) < 4.78 is 0. The second-order valence-electron chi connectivity index (χ2n) is 4.66. The standard InChI is InChI=1S/C13H19N/c1-9-4-5-12(11(3)10(9)2)13(8-14)6-7-13/h4-5H,6-8,14H2,1-3H3. The third-order valence-electron chi connectivity index (χ3n) is 3.87. The van der Waals surface area contributed by atoms with Crippen LogP contribution < -0.4 is 5.73 Å². The van der Waals surface area contributed by atoms with Crippen LogP contribution in [0.2, 0.25) is 0 Å². The fraction of sp³-hybridized carbons (Fsp3) is 0.538. The van der Waals surface area contributed by atoms with Gasteiger partial charge in [0.15, 0.2) is 0 Å². The SMILES string of the molecule is Cc1ccc(C2(CN)CC2)c(C)c1C. The molecule has 76 valence electrons. The Morgan fingerprint density at radius 1 is 1.14 bits per heavy atom. The number of benzene rings is 1. The van der Waals surface area contributed by atoms with Gasteiger partial charge in [0, 0.05) is 12.0 Å². The summed E-state index contributed by atoms with van der Waals surface area (Å²) in [5.74, 6) is 0. The maximum atomic E-state index is 5.86. The highest BCUT2D eigenvalue weighted by Crippen LogP contribution is 2.48. The molecular weight excluding hydrogens is 170 g/mol. The van der Waals surface area contributed by atoms with Crippen molar-refractivity contribution in [2.45, 2.75) is 39.0 Å². The van der Waals surface area contributed by atoms with Gasteiger partial charge in [-0.2, -0.15) is 0 Å². The Hall–Kier alpha value is -0.820. The summed E-state index contributed by atoms with van der Waals surface area (Å²) in [6.07, 6.45) is 2.54. The molecule has 1 saturated carbocycles. The smallest absolute Gasteiger partial charge is 0.00789 e. The molecule has 0 bridgehead atoms. The Kier molecular flexibility index (Phi) is 2.15. The molecular formula is C13H19N. The molecule has 1 fully saturated rings. The predicted octanol–water partition coefficient (Wildman–Crippen LogP) is 2.60. The summed E-state index contributed by atoms with van der Waals surface area (Å²) in [4.78, 5) is 0. The molecule has 1 heteroatoms. The molecule has 0 heterocycles. The highest BCUT2D eigenvalue weighted by Gasteiger charge is 2.43. The zero-order valence-electron chi connectivity index (χ0n) is 9.35. The Bertz CT molecular complexity index is 362. The normalized spacial score (nSPS) is 18.3. The van der Waals surface area contributed by atoms with Crippen LogP contribution in [0.15, 0.2) is 12.1 Å². The van der Waals surface area contributed by atoms with E-state index < -0.39 is 0 Å². The van der Waals surface area contributed by atoms with E-state index in [2.05, 4.69) is 32.9 Å². The van der Waals surface area contributed by atoms with Gasteiger partial charge >= 0.3 is 0 Å². The van der Waals surface area contributed by atoms with Crippen LogP contribution in [0.4, 0.5) is 0 Å². The van der Waals surface area contributed by atoms with Crippen molar-refractivity contribution in [1.29, 1.82) is 0 Å². The van der Waals surface area contributed by atoms with Gasteiger partial charge in [-0.3, -0.25) is 0 Å². The van der Waals surface area contributed by atoms with E-state index >= 15 is 0 Å². The van der Waals surface area contributed by atoms with Crippen molar-refractivity contribution in [2.75, 3.05) is 6.54 Å². The van der Waals surface area contributed by atoms with Crippen molar-refractivity contribution in [2.24, 2.45) is 5.73 Å². The van der Waals surface area contributed by atoms with Gasteiger partial charge in [0.25, 0.3) is 0 Å². The number of hydrogen-bond donors (Lipinski definition) is 1. The van der Waals surface area contributed by atoms with Crippen molar-refractivity contribution in [3.8, 4) is 0 Å².